The van der Waals surface area contributed by atoms with Gasteiger partial charge in [-0.1, -0.05) is 35.3 Å². The zero-order chi connectivity index (χ0) is 24.2. The summed E-state index contributed by atoms with van der Waals surface area (Å²) in [5.74, 6) is 0.179. The summed E-state index contributed by atoms with van der Waals surface area (Å²) in [4.78, 5) is 12.8. The van der Waals surface area contributed by atoms with E-state index in [1.54, 1.807) is 36.4 Å². The fourth-order valence-electron chi connectivity index (χ4n) is 3.20. The summed E-state index contributed by atoms with van der Waals surface area (Å²) >= 11 is 12.0. The molecule has 3 aromatic rings. The van der Waals surface area contributed by atoms with E-state index in [-0.39, 0.29) is 14.9 Å². The van der Waals surface area contributed by atoms with E-state index in [4.69, 9.17) is 27.9 Å². The molecule has 0 saturated carbocycles. The lowest BCUT2D eigenvalue weighted by molar-refractivity contribution is -0.114. The topological polar surface area (TPSA) is 75.7 Å². The van der Waals surface area contributed by atoms with Gasteiger partial charge >= 0.3 is 0 Å². The summed E-state index contributed by atoms with van der Waals surface area (Å²) in [6.45, 7) is 5.67. The number of nitrogens with one attached hydrogen (secondary N) is 1. The van der Waals surface area contributed by atoms with E-state index in [1.807, 2.05) is 26.8 Å². The van der Waals surface area contributed by atoms with Gasteiger partial charge in [0.1, 0.15) is 12.3 Å². The van der Waals surface area contributed by atoms with Crippen molar-refractivity contribution in [2.45, 2.75) is 25.7 Å². The Morgan fingerprint density at radius 2 is 1.70 bits per heavy atom. The van der Waals surface area contributed by atoms with Crippen LogP contribution in [0.2, 0.25) is 10.0 Å². The van der Waals surface area contributed by atoms with E-state index in [0.29, 0.717) is 23.7 Å². The van der Waals surface area contributed by atoms with Gasteiger partial charge in [-0.3, -0.25) is 9.10 Å². The Labute approximate surface area is 204 Å². The van der Waals surface area contributed by atoms with Gasteiger partial charge in [0.2, 0.25) is 5.91 Å². The van der Waals surface area contributed by atoms with Crippen LogP contribution in [0.15, 0.2) is 65.6 Å². The molecule has 0 aliphatic heterocycles. The van der Waals surface area contributed by atoms with Crippen LogP contribution in [0.1, 0.15) is 18.1 Å². The van der Waals surface area contributed by atoms with Crippen LogP contribution in [0.4, 0.5) is 11.4 Å². The van der Waals surface area contributed by atoms with Gasteiger partial charge < -0.3 is 10.1 Å². The summed E-state index contributed by atoms with van der Waals surface area (Å²) in [5, 5.41) is 3.09. The van der Waals surface area contributed by atoms with Crippen LogP contribution in [-0.2, 0) is 14.8 Å². The summed E-state index contributed by atoms with van der Waals surface area (Å²) in [6, 6.07) is 16.2. The molecule has 6 nitrogen and oxygen atoms in total. The summed E-state index contributed by atoms with van der Waals surface area (Å²) in [5.41, 5.74) is 2.57. The van der Waals surface area contributed by atoms with E-state index < -0.39 is 22.5 Å². The van der Waals surface area contributed by atoms with Crippen LogP contribution in [-0.4, -0.2) is 27.5 Å². The number of carbonyl (C=O) groups excluding carboxylic acids is 1. The second kappa shape index (κ2) is 10.5. The SMILES string of the molecule is CCOc1ccc(NC(=O)CN(c2cccc(C)c2C)S(=O)(=O)c2ccc(Cl)c(Cl)c2)cc1. The van der Waals surface area contributed by atoms with E-state index >= 15 is 0 Å². The number of anilines is 2. The van der Waals surface area contributed by atoms with Gasteiger partial charge in [0.25, 0.3) is 10.0 Å². The second-order valence-corrected chi connectivity index (χ2v) is 9.99. The first-order valence-electron chi connectivity index (χ1n) is 10.2. The lowest BCUT2D eigenvalue weighted by atomic mass is 10.1. The molecule has 0 atom stereocenters. The fraction of sp³-hybridized carbons (Fsp3) is 0.208. The van der Waals surface area contributed by atoms with Crippen LogP contribution >= 0.6 is 23.2 Å². The van der Waals surface area contributed by atoms with Crippen LogP contribution in [0.3, 0.4) is 0 Å². The highest BCUT2D eigenvalue weighted by molar-refractivity contribution is 7.92. The van der Waals surface area contributed by atoms with Crippen molar-refractivity contribution in [2.75, 3.05) is 22.8 Å². The predicted octanol–water partition coefficient (Wildman–Crippen LogP) is 5.84. The number of benzene rings is 3. The maximum Gasteiger partial charge on any atom is 0.264 e. The molecule has 0 fully saturated rings. The van der Waals surface area contributed by atoms with Crippen molar-refractivity contribution in [3.63, 3.8) is 0 Å². The molecule has 1 N–H and O–H groups in total. The van der Waals surface area contributed by atoms with Crippen LogP contribution < -0.4 is 14.4 Å². The molecule has 3 aromatic carbocycles. The molecular weight excluding hydrogens is 483 g/mol. The number of carbonyl (C=O) groups is 1. The molecule has 3 rings (SSSR count). The number of amides is 1. The number of ether oxygens (including phenoxy) is 1. The minimum absolute atomic E-state index is 0.0633. The number of rotatable bonds is 8. The Morgan fingerprint density at radius 1 is 1.00 bits per heavy atom. The van der Waals surface area contributed by atoms with E-state index in [0.717, 1.165) is 15.4 Å². The lowest BCUT2D eigenvalue weighted by Gasteiger charge is -2.26. The van der Waals surface area contributed by atoms with Gasteiger partial charge in [-0.05, 0) is 80.4 Å². The van der Waals surface area contributed by atoms with Crippen molar-refractivity contribution < 1.29 is 17.9 Å². The summed E-state index contributed by atoms with van der Waals surface area (Å²) in [6.07, 6.45) is 0. The van der Waals surface area contributed by atoms with E-state index in [1.165, 1.54) is 18.2 Å². The predicted molar refractivity (Wildman–Crippen MR) is 133 cm³/mol. The molecule has 0 aromatic heterocycles. The van der Waals surface area contributed by atoms with Crippen molar-refractivity contribution in [3.8, 4) is 5.75 Å². The molecule has 0 unspecified atom stereocenters. The Bertz CT molecular complexity index is 1260. The molecule has 33 heavy (non-hydrogen) atoms. The molecule has 0 aliphatic rings. The first-order chi connectivity index (χ1) is 15.6. The summed E-state index contributed by atoms with van der Waals surface area (Å²) < 4.78 is 33.7. The zero-order valence-corrected chi connectivity index (χ0v) is 20.8. The molecule has 0 radical (unpaired) electrons. The van der Waals surface area contributed by atoms with Crippen LogP contribution in [0.5, 0.6) is 5.75 Å². The number of halogens is 2. The second-order valence-electron chi connectivity index (χ2n) is 7.31. The van der Waals surface area contributed by atoms with Crippen molar-refractivity contribution in [1.29, 1.82) is 0 Å². The van der Waals surface area contributed by atoms with Crippen molar-refractivity contribution in [1.82, 2.24) is 0 Å². The van der Waals surface area contributed by atoms with Crippen molar-refractivity contribution in [2.24, 2.45) is 0 Å². The molecule has 174 valence electrons. The molecule has 0 spiro atoms. The number of sulfonamides is 1. The van der Waals surface area contributed by atoms with Crippen LogP contribution in [0.25, 0.3) is 0 Å². The molecule has 1 amide bonds. The minimum atomic E-state index is -4.12. The molecule has 0 heterocycles. The normalized spacial score (nSPS) is 11.2. The Morgan fingerprint density at radius 3 is 2.33 bits per heavy atom. The lowest BCUT2D eigenvalue weighted by Crippen LogP contribution is -2.38. The van der Waals surface area contributed by atoms with E-state index in [9.17, 15) is 13.2 Å². The van der Waals surface area contributed by atoms with Crippen molar-refractivity contribution in [3.05, 3.63) is 81.8 Å². The Kier molecular flexibility index (Phi) is 7.89. The Hall–Kier alpha value is -2.74. The van der Waals surface area contributed by atoms with Gasteiger partial charge in [-0.25, -0.2) is 8.42 Å². The average molecular weight is 507 g/mol. The maximum atomic E-state index is 13.6. The third-order valence-corrected chi connectivity index (χ3v) is 7.55. The molecule has 0 saturated heterocycles. The molecule has 9 heteroatoms. The molecule has 0 aliphatic carbocycles. The summed E-state index contributed by atoms with van der Waals surface area (Å²) in [7, 11) is -4.12. The minimum Gasteiger partial charge on any atom is -0.494 e. The van der Waals surface area contributed by atoms with E-state index in [2.05, 4.69) is 5.32 Å². The largest absolute Gasteiger partial charge is 0.494 e. The first-order valence-corrected chi connectivity index (χ1v) is 12.4. The monoisotopic (exact) mass is 506 g/mol. The highest BCUT2D eigenvalue weighted by atomic mass is 35.5. The van der Waals surface area contributed by atoms with Crippen molar-refractivity contribution >= 4 is 50.5 Å². The third kappa shape index (κ3) is 5.79. The number of hydrogen-bond acceptors (Lipinski definition) is 4. The van der Waals surface area contributed by atoms with Crippen LogP contribution in [0, 0.1) is 13.8 Å². The number of nitrogens with zero attached hydrogens (tertiary/aromatic N) is 1. The quantitative estimate of drug-likeness (QED) is 0.416. The zero-order valence-electron chi connectivity index (χ0n) is 18.4. The van der Waals surface area contributed by atoms with Gasteiger partial charge in [0.15, 0.2) is 0 Å². The first kappa shape index (κ1) is 24.9. The molecule has 0 bridgehead atoms. The van der Waals surface area contributed by atoms with Gasteiger partial charge in [-0.2, -0.15) is 0 Å². The highest BCUT2D eigenvalue weighted by Crippen LogP contribution is 2.31. The smallest absolute Gasteiger partial charge is 0.264 e. The Balaban J connectivity index is 1.96. The third-order valence-electron chi connectivity index (χ3n) is 5.06. The highest BCUT2D eigenvalue weighted by Gasteiger charge is 2.29. The maximum absolute atomic E-state index is 13.6. The fourth-order valence-corrected chi connectivity index (χ4v) is 5.07. The van der Waals surface area contributed by atoms with Gasteiger partial charge in [0.05, 0.1) is 27.2 Å². The number of hydrogen-bond donors (Lipinski definition) is 1. The van der Waals surface area contributed by atoms with Gasteiger partial charge in [0, 0.05) is 5.69 Å². The van der Waals surface area contributed by atoms with Gasteiger partial charge in [-0.15, -0.1) is 0 Å². The molecular formula is C24H24Cl2N2O4S. The average Bonchev–Trinajstić information content (AvgIpc) is 2.77. The number of aryl methyl sites for hydroxylation is 1. The standard InChI is InChI=1S/C24H24Cl2N2O4S/c1-4-32-19-10-8-18(9-11-19)27-24(29)15-28(23-7-5-6-16(2)17(23)3)33(30,31)20-12-13-21(25)22(26)14-20/h5-14H,4,15H2,1-3H3,(H,27,29).